The molecule has 3 rings (SSSR count). The van der Waals surface area contributed by atoms with E-state index < -0.39 is 5.92 Å². The predicted octanol–water partition coefficient (Wildman–Crippen LogP) is 3.81. The maximum atomic E-state index is 14.5. The van der Waals surface area contributed by atoms with Crippen LogP contribution in [-0.4, -0.2) is 13.1 Å². The summed E-state index contributed by atoms with van der Waals surface area (Å²) in [6.45, 7) is 0.326. The van der Waals surface area contributed by atoms with Gasteiger partial charge >= 0.3 is 0 Å². The van der Waals surface area contributed by atoms with Crippen molar-refractivity contribution >= 4 is 11.4 Å². The third kappa shape index (κ3) is 2.71. The largest absolute Gasteiger partial charge is 0.398 e. The Hall–Kier alpha value is -2.10. The number of nitrogens with two attached hydrogens (primary N) is 1. The van der Waals surface area contributed by atoms with Crippen molar-refractivity contribution < 1.29 is 8.78 Å². The molecule has 0 saturated carbocycles. The highest BCUT2D eigenvalue weighted by Crippen LogP contribution is 2.36. The van der Waals surface area contributed by atoms with E-state index in [0.29, 0.717) is 12.2 Å². The summed E-state index contributed by atoms with van der Waals surface area (Å²) in [7, 11) is 0. The summed E-state index contributed by atoms with van der Waals surface area (Å²) >= 11 is 0. The molecular formula is C17H18F2N2. The Balaban J connectivity index is 1.89. The van der Waals surface area contributed by atoms with Gasteiger partial charge in [-0.3, -0.25) is 0 Å². The average Bonchev–Trinajstić information content (AvgIpc) is 2.49. The minimum Gasteiger partial charge on any atom is -0.398 e. The number of fused-ring (bicyclic) bond motifs is 1. The van der Waals surface area contributed by atoms with Crippen LogP contribution in [0.4, 0.5) is 20.2 Å². The Morgan fingerprint density at radius 3 is 2.57 bits per heavy atom. The molecule has 1 aliphatic rings. The Kier molecular flexibility index (Phi) is 3.53. The van der Waals surface area contributed by atoms with Gasteiger partial charge in [0.15, 0.2) is 0 Å². The molecule has 21 heavy (non-hydrogen) atoms. The van der Waals surface area contributed by atoms with Crippen LogP contribution >= 0.6 is 0 Å². The fourth-order valence-electron chi connectivity index (χ4n) is 2.91. The molecule has 2 aromatic rings. The van der Waals surface area contributed by atoms with E-state index >= 15 is 0 Å². The fraction of sp³-hybridized carbons (Fsp3) is 0.294. The molecule has 0 radical (unpaired) electrons. The van der Waals surface area contributed by atoms with Gasteiger partial charge < -0.3 is 10.6 Å². The van der Waals surface area contributed by atoms with E-state index in [1.807, 2.05) is 18.2 Å². The smallest absolute Gasteiger partial charge is 0.290 e. The van der Waals surface area contributed by atoms with Crippen LogP contribution in [0.1, 0.15) is 17.5 Å². The summed E-state index contributed by atoms with van der Waals surface area (Å²) in [6.07, 6.45) is 1.71. The quantitative estimate of drug-likeness (QED) is 0.870. The molecule has 0 unspecified atom stereocenters. The number of alkyl halides is 2. The number of nitrogen functional groups attached to an aromatic ring is 1. The van der Waals surface area contributed by atoms with E-state index in [1.54, 1.807) is 23.1 Å². The number of benzene rings is 2. The van der Waals surface area contributed by atoms with Gasteiger partial charge in [-0.05, 0) is 30.5 Å². The highest BCUT2D eigenvalue weighted by atomic mass is 19.3. The van der Waals surface area contributed by atoms with Crippen LogP contribution < -0.4 is 10.6 Å². The SMILES string of the molecule is Nc1cccc2c1CCCN2CC(F)(F)c1ccccc1. The molecule has 0 fully saturated rings. The number of hydrogen-bond donors (Lipinski definition) is 1. The van der Waals surface area contributed by atoms with Crippen molar-refractivity contribution in [2.45, 2.75) is 18.8 Å². The molecule has 2 nitrogen and oxygen atoms in total. The maximum absolute atomic E-state index is 14.5. The molecule has 0 amide bonds. The Morgan fingerprint density at radius 1 is 1.05 bits per heavy atom. The lowest BCUT2D eigenvalue weighted by Gasteiger charge is -2.34. The zero-order valence-corrected chi connectivity index (χ0v) is 11.7. The van der Waals surface area contributed by atoms with Crippen LogP contribution in [0.2, 0.25) is 0 Å². The second kappa shape index (κ2) is 5.35. The fourth-order valence-corrected chi connectivity index (χ4v) is 2.91. The number of rotatable bonds is 3. The molecule has 0 atom stereocenters. The van der Waals surface area contributed by atoms with Crippen molar-refractivity contribution in [2.75, 3.05) is 23.7 Å². The van der Waals surface area contributed by atoms with Gasteiger partial charge in [0.2, 0.25) is 0 Å². The van der Waals surface area contributed by atoms with Crippen LogP contribution in [-0.2, 0) is 12.3 Å². The second-order valence-corrected chi connectivity index (χ2v) is 5.44. The summed E-state index contributed by atoms with van der Waals surface area (Å²) in [6, 6.07) is 13.5. The van der Waals surface area contributed by atoms with Gasteiger partial charge in [0.1, 0.15) is 0 Å². The van der Waals surface area contributed by atoms with E-state index in [4.69, 9.17) is 5.73 Å². The maximum Gasteiger partial charge on any atom is 0.290 e. The average molecular weight is 288 g/mol. The minimum absolute atomic E-state index is 0.0565. The number of anilines is 2. The van der Waals surface area contributed by atoms with Crippen LogP contribution in [0.25, 0.3) is 0 Å². The molecule has 1 aliphatic heterocycles. The minimum atomic E-state index is -2.87. The van der Waals surface area contributed by atoms with Gasteiger partial charge in [-0.1, -0.05) is 36.4 Å². The number of nitrogens with zero attached hydrogens (tertiary/aromatic N) is 1. The van der Waals surface area contributed by atoms with Crippen molar-refractivity contribution in [3.8, 4) is 0 Å². The van der Waals surface area contributed by atoms with Gasteiger partial charge in [-0.2, -0.15) is 8.78 Å². The summed E-state index contributed by atoms with van der Waals surface area (Å²) < 4.78 is 28.9. The van der Waals surface area contributed by atoms with E-state index in [0.717, 1.165) is 24.1 Å². The third-order valence-electron chi connectivity index (χ3n) is 3.97. The Bertz CT molecular complexity index is 626. The van der Waals surface area contributed by atoms with Crippen LogP contribution in [0.3, 0.4) is 0 Å². The first-order valence-corrected chi connectivity index (χ1v) is 7.13. The highest BCUT2D eigenvalue weighted by Gasteiger charge is 2.35. The van der Waals surface area contributed by atoms with Crippen molar-refractivity contribution in [2.24, 2.45) is 0 Å². The first-order chi connectivity index (χ1) is 10.1. The van der Waals surface area contributed by atoms with E-state index in [1.165, 1.54) is 12.1 Å². The Labute approximate surface area is 123 Å². The summed E-state index contributed by atoms with van der Waals surface area (Å²) in [4.78, 5) is 1.75. The number of halogens is 2. The van der Waals surface area contributed by atoms with Crippen molar-refractivity contribution in [1.29, 1.82) is 0 Å². The zero-order chi connectivity index (χ0) is 14.9. The standard InChI is InChI=1S/C17H18F2N2/c18-17(19,13-6-2-1-3-7-13)12-21-11-5-8-14-15(20)9-4-10-16(14)21/h1-4,6-7,9-10H,5,8,11-12,20H2. The van der Waals surface area contributed by atoms with E-state index in [-0.39, 0.29) is 12.1 Å². The molecular weight excluding hydrogens is 270 g/mol. The van der Waals surface area contributed by atoms with Gasteiger partial charge in [0, 0.05) is 23.5 Å². The van der Waals surface area contributed by atoms with Crippen molar-refractivity contribution in [3.05, 3.63) is 59.7 Å². The van der Waals surface area contributed by atoms with Crippen molar-refractivity contribution in [1.82, 2.24) is 0 Å². The van der Waals surface area contributed by atoms with Gasteiger partial charge in [-0.25, -0.2) is 0 Å². The summed E-state index contributed by atoms with van der Waals surface area (Å²) in [5.74, 6) is -2.87. The summed E-state index contributed by atoms with van der Waals surface area (Å²) in [5, 5.41) is 0. The van der Waals surface area contributed by atoms with Gasteiger partial charge in [0.05, 0.1) is 6.54 Å². The van der Waals surface area contributed by atoms with Gasteiger partial charge in [0.25, 0.3) is 5.92 Å². The first-order valence-electron chi connectivity index (χ1n) is 7.13. The molecule has 4 heteroatoms. The summed E-state index contributed by atoms with van der Waals surface area (Å²) in [5.41, 5.74) is 8.55. The second-order valence-electron chi connectivity index (χ2n) is 5.44. The lowest BCUT2D eigenvalue weighted by atomic mass is 9.98. The predicted molar refractivity (Wildman–Crippen MR) is 81.7 cm³/mol. The molecule has 2 N–H and O–H groups in total. The molecule has 1 heterocycles. The van der Waals surface area contributed by atoms with Crippen LogP contribution in [0.5, 0.6) is 0 Å². The zero-order valence-electron chi connectivity index (χ0n) is 11.7. The monoisotopic (exact) mass is 288 g/mol. The van der Waals surface area contributed by atoms with E-state index in [9.17, 15) is 8.78 Å². The molecule has 0 spiro atoms. The topological polar surface area (TPSA) is 29.3 Å². The lowest BCUT2D eigenvalue weighted by molar-refractivity contribution is 0.00366. The molecule has 2 aromatic carbocycles. The van der Waals surface area contributed by atoms with Crippen molar-refractivity contribution in [3.63, 3.8) is 0 Å². The number of hydrogen-bond acceptors (Lipinski definition) is 2. The molecule has 0 aromatic heterocycles. The Morgan fingerprint density at radius 2 is 1.81 bits per heavy atom. The molecule has 0 saturated heterocycles. The normalized spacial score (nSPS) is 14.9. The first kappa shape index (κ1) is 13.9. The molecule has 0 bridgehead atoms. The van der Waals surface area contributed by atoms with Crippen LogP contribution in [0, 0.1) is 0 Å². The van der Waals surface area contributed by atoms with Gasteiger partial charge in [-0.15, -0.1) is 0 Å². The third-order valence-corrected chi connectivity index (χ3v) is 3.97. The lowest BCUT2D eigenvalue weighted by Crippen LogP contribution is -2.38. The molecule has 110 valence electrons. The van der Waals surface area contributed by atoms with Crippen LogP contribution in [0.15, 0.2) is 48.5 Å². The highest BCUT2D eigenvalue weighted by molar-refractivity contribution is 5.66. The van der Waals surface area contributed by atoms with E-state index in [2.05, 4.69) is 0 Å². The molecule has 0 aliphatic carbocycles.